The quantitative estimate of drug-likeness (QED) is 0.567. The Morgan fingerprint density at radius 3 is 1.94 bits per heavy atom. The van der Waals surface area contributed by atoms with E-state index < -0.39 is 47.8 Å². The van der Waals surface area contributed by atoms with Crippen LogP contribution >= 0.6 is 0 Å². The van der Waals surface area contributed by atoms with Crippen LogP contribution in [-0.4, -0.2) is 72.5 Å². The van der Waals surface area contributed by atoms with E-state index >= 15 is 0 Å². The largest absolute Gasteiger partial charge is 0.414 e. The Bertz CT molecular complexity index is 601. The lowest BCUT2D eigenvalue weighted by Crippen LogP contribution is -2.72. The van der Waals surface area contributed by atoms with Crippen molar-refractivity contribution in [2.45, 2.75) is 115 Å². The normalized spacial score (nSPS) is 33.3. The summed E-state index contributed by atoms with van der Waals surface area (Å²) in [6.45, 7) is 18.8. The van der Waals surface area contributed by atoms with Crippen molar-refractivity contribution < 1.29 is 32.3 Å². The molecule has 2 fully saturated rings. The predicted molar refractivity (Wildman–Crippen MR) is 123 cm³/mol. The summed E-state index contributed by atoms with van der Waals surface area (Å²) in [7, 11) is -4.08. The third-order valence-electron chi connectivity index (χ3n) is 6.61. The third kappa shape index (κ3) is 5.11. The molecule has 0 unspecified atom stereocenters. The number of carbonyl (C=O) groups is 1. The van der Waals surface area contributed by atoms with Gasteiger partial charge in [-0.25, -0.2) is 0 Å². The number of hydrogen-bond acceptors (Lipinski definition) is 7. The lowest BCUT2D eigenvalue weighted by atomic mass is 9.97. The first-order valence-electron chi connectivity index (χ1n) is 11.5. The first-order chi connectivity index (χ1) is 14.3. The Hall–Kier alpha value is -0.336. The number of aliphatic hydroxyl groups is 1. The molecule has 0 spiro atoms. The summed E-state index contributed by atoms with van der Waals surface area (Å²) in [6, 6.07) is -0.744. The van der Waals surface area contributed by atoms with Crippen molar-refractivity contribution in [2.24, 2.45) is 0 Å². The molecule has 10 heteroatoms. The van der Waals surface area contributed by atoms with Crippen molar-refractivity contribution in [1.29, 1.82) is 0 Å². The summed E-state index contributed by atoms with van der Waals surface area (Å²) in [5.74, 6) is -0.270. The summed E-state index contributed by atoms with van der Waals surface area (Å²) in [5, 5.41) is 14.1. The fraction of sp³-hybridized carbons (Fsp3) is 0.952. The van der Waals surface area contributed by atoms with Crippen molar-refractivity contribution in [3.8, 4) is 0 Å². The maximum atomic E-state index is 11.8. The molecule has 0 aromatic rings. The number of methoxy groups -OCH3 is 1. The molecule has 2 N–H and O–H groups in total. The van der Waals surface area contributed by atoms with Gasteiger partial charge in [0.15, 0.2) is 6.29 Å². The van der Waals surface area contributed by atoms with Gasteiger partial charge in [-0.05, 0) is 22.2 Å². The highest BCUT2D eigenvalue weighted by atomic mass is 28.5. The minimum absolute atomic E-state index is 0.130. The van der Waals surface area contributed by atoms with Crippen molar-refractivity contribution in [1.82, 2.24) is 5.32 Å². The molecule has 31 heavy (non-hydrogen) atoms. The zero-order valence-electron chi connectivity index (χ0n) is 20.8. The molecule has 0 aliphatic carbocycles. The molecule has 0 radical (unpaired) electrons. The van der Waals surface area contributed by atoms with Gasteiger partial charge in [0.05, 0.1) is 6.61 Å². The lowest BCUT2D eigenvalue weighted by Gasteiger charge is -2.55. The minimum Gasteiger partial charge on any atom is -0.414 e. The first-order valence-corrected chi connectivity index (χ1v) is 15.4. The minimum atomic E-state index is -2.89. The Morgan fingerprint density at radius 1 is 1.00 bits per heavy atom. The SMILES string of the molecule is CO[C@H]1O[C@@H]2CO[Si](C(C)C)(C(C)C)O[Si](C(C)C)(C(C)C)O[C@H]2[C@H](O)[C@H]1NC(C)=O. The third-order valence-corrected chi connectivity index (χ3v) is 16.9. The zero-order chi connectivity index (χ0) is 23.7. The van der Waals surface area contributed by atoms with Gasteiger partial charge in [0.2, 0.25) is 5.91 Å². The summed E-state index contributed by atoms with van der Waals surface area (Å²) in [4.78, 5) is 11.8. The molecular formula is C21H43NO7Si2. The van der Waals surface area contributed by atoms with E-state index in [2.05, 4.69) is 60.7 Å². The van der Waals surface area contributed by atoms with Gasteiger partial charge in [-0.2, -0.15) is 0 Å². The van der Waals surface area contributed by atoms with Crippen molar-refractivity contribution >= 4 is 23.0 Å². The number of nitrogens with one attached hydrogen (secondary N) is 1. The molecule has 0 aromatic heterocycles. The van der Waals surface area contributed by atoms with Gasteiger partial charge in [0, 0.05) is 14.0 Å². The number of aliphatic hydroxyl groups excluding tert-OH is 1. The molecule has 2 saturated heterocycles. The van der Waals surface area contributed by atoms with Crippen LogP contribution in [-0.2, 0) is 27.2 Å². The molecule has 0 bridgehead atoms. The van der Waals surface area contributed by atoms with E-state index in [1.807, 2.05) is 0 Å². The van der Waals surface area contributed by atoms with Crippen LogP contribution in [0.15, 0.2) is 0 Å². The van der Waals surface area contributed by atoms with Gasteiger partial charge in [-0.3, -0.25) is 4.79 Å². The van der Waals surface area contributed by atoms with E-state index in [4.69, 9.17) is 22.4 Å². The highest BCUT2D eigenvalue weighted by Gasteiger charge is 2.61. The van der Waals surface area contributed by atoms with Crippen LogP contribution in [0.2, 0.25) is 22.2 Å². The molecular weight excluding hydrogens is 434 g/mol. The summed E-state index contributed by atoms with van der Waals surface area (Å²) in [6.07, 6.45) is -3.03. The zero-order valence-corrected chi connectivity index (χ0v) is 22.8. The van der Waals surface area contributed by atoms with Crippen LogP contribution in [0, 0.1) is 0 Å². The highest BCUT2D eigenvalue weighted by Crippen LogP contribution is 2.47. The van der Waals surface area contributed by atoms with Crippen LogP contribution in [0.1, 0.15) is 62.3 Å². The van der Waals surface area contributed by atoms with E-state index in [9.17, 15) is 9.90 Å². The summed E-state index contributed by atoms with van der Waals surface area (Å²) in [5.41, 5.74) is 0.698. The summed E-state index contributed by atoms with van der Waals surface area (Å²) >= 11 is 0. The molecule has 2 rings (SSSR count). The second kappa shape index (κ2) is 10.3. The van der Waals surface area contributed by atoms with Crippen LogP contribution in [0.3, 0.4) is 0 Å². The van der Waals surface area contributed by atoms with Crippen molar-refractivity contribution in [2.75, 3.05) is 13.7 Å². The molecule has 2 heterocycles. The van der Waals surface area contributed by atoms with E-state index in [0.29, 0.717) is 0 Å². The molecule has 8 nitrogen and oxygen atoms in total. The van der Waals surface area contributed by atoms with Crippen LogP contribution in [0.4, 0.5) is 0 Å². The molecule has 5 atom stereocenters. The van der Waals surface area contributed by atoms with E-state index in [0.717, 1.165) is 0 Å². The maximum Gasteiger partial charge on any atom is 0.335 e. The van der Waals surface area contributed by atoms with Gasteiger partial charge < -0.3 is 32.9 Å². The molecule has 0 saturated carbocycles. The van der Waals surface area contributed by atoms with Crippen molar-refractivity contribution in [3.63, 3.8) is 0 Å². The molecule has 182 valence electrons. The Balaban J connectivity index is 2.56. The first kappa shape index (κ1) is 26.9. The maximum absolute atomic E-state index is 11.8. The number of rotatable bonds is 6. The monoisotopic (exact) mass is 477 g/mol. The fourth-order valence-electron chi connectivity index (χ4n) is 4.93. The molecule has 2 aliphatic rings. The van der Waals surface area contributed by atoms with Crippen LogP contribution in [0.5, 0.6) is 0 Å². The average Bonchev–Trinajstić information content (AvgIpc) is 2.64. The molecule has 2 aliphatic heterocycles. The molecule has 0 aromatic carbocycles. The Kier molecular flexibility index (Phi) is 8.93. The van der Waals surface area contributed by atoms with Gasteiger partial charge in [0.25, 0.3) is 0 Å². The van der Waals surface area contributed by atoms with Crippen LogP contribution < -0.4 is 5.32 Å². The number of fused-ring (bicyclic) bond motifs is 1. The van der Waals surface area contributed by atoms with Gasteiger partial charge in [-0.15, -0.1) is 0 Å². The smallest absolute Gasteiger partial charge is 0.335 e. The predicted octanol–water partition coefficient (Wildman–Crippen LogP) is 3.18. The second-order valence-corrected chi connectivity index (χ2v) is 18.9. The Morgan fingerprint density at radius 2 is 1.52 bits per heavy atom. The number of ether oxygens (including phenoxy) is 2. The highest BCUT2D eigenvalue weighted by molar-refractivity contribution is 6.83. The van der Waals surface area contributed by atoms with Crippen molar-refractivity contribution in [3.05, 3.63) is 0 Å². The van der Waals surface area contributed by atoms with E-state index in [1.54, 1.807) is 0 Å². The summed E-state index contributed by atoms with van der Waals surface area (Å²) < 4.78 is 32.3. The van der Waals surface area contributed by atoms with Gasteiger partial charge in [-0.1, -0.05) is 55.4 Å². The topological polar surface area (TPSA) is 95.5 Å². The van der Waals surface area contributed by atoms with E-state index in [-0.39, 0.29) is 34.7 Å². The number of carbonyl (C=O) groups excluding carboxylic acids is 1. The van der Waals surface area contributed by atoms with Gasteiger partial charge >= 0.3 is 17.1 Å². The number of amides is 1. The molecule has 1 amide bonds. The van der Waals surface area contributed by atoms with E-state index in [1.165, 1.54) is 14.0 Å². The average molecular weight is 478 g/mol. The van der Waals surface area contributed by atoms with Crippen LogP contribution in [0.25, 0.3) is 0 Å². The Labute approximate surface area is 189 Å². The van der Waals surface area contributed by atoms with Gasteiger partial charge in [0.1, 0.15) is 24.4 Å². The standard InChI is InChI=1S/C21H43NO7Si2/c1-12(2)30(13(3)4)26-11-17-20(28-31(29-30,14(5)6)15(7)8)19(24)18(22-16(9)23)21(25-10)27-17/h12-15,17-21,24H,11H2,1-10H3,(H,22,23)/t17-,18-,19-,20-,21+/m1/s1. The second-order valence-electron chi connectivity index (χ2n) is 10.1. The fourth-order valence-corrected chi connectivity index (χ4v) is 16.1. The lowest BCUT2D eigenvalue weighted by molar-refractivity contribution is -0.263. The number of hydrogen-bond donors (Lipinski definition) is 2.